The standard InChI is InChI=1S/C11H12N3.BrH/c12-10-4-3-7-14(8-10)9-11-5-1-2-6-13-11;/h1-8H,9,12H2;1H/q+1;/p-1. The SMILES string of the molecule is Nc1ccc[n+](Cc2ccccn2)c1.[Br-]. The van der Waals surface area contributed by atoms with E-state index in [9.17, 15) is 0 Å². The Morgan fingerprint density at radius 1 is 1.20 bits per heavy atom. The van der Waals surface area contributed by atoms with Gasteiger partial charge in [0.15, 0.2) is 18.9 Å². The summed E-state index contributed by atoms with van der Waals surface area (Å²) in [5, 5.41) is 0. The summed E-state index contributed by atoms with van der Waals surface area (Å²) in [7, 11) is 0. The van der Waals surface area contributed by atoms with E-state index in [0.29, 0.717) is 0 Å². The molecule has 0 bridgehead atoms. The molecule has 0 unspecified atom stereocenters. The molecule has 2 rings (SSSR count). The fourth-order valence-electron chi connectivity index (χ4n) is 1.32. The molecule has 0 aliphatic rings. The minimum absolute atomic E-state index is 0. The second kappa shape index (κ2) is 5.46. The predicted octanol–water partition coefficient (Wildman–Crippen LogP) is -2.00. The van der Waals surface area contributed by atoms with E-state index in [1.165, 1.54) is 0 Å². The minimum Gasteiger partial charge on any atom is -1.00 e. The maximum absolute atomic E-state index is 5.67. The molecule has 0 radical (unpaired) electrons. The molecule has 0 aliphatic heterocycles. The Morgan fingerprint density at radius 2 is 2.07 bits per heavy atom. The normalized spacial score (nSPS) is 9.33. The Balaban J connectivity index is 0.00000112. The van der Waals surface area contributed by atoms with Gasteiger partial charge in [0.2, 0.25) is 0 Å². The zero-order chi connectivity index (χ0) is 9.80. The summed E-state index contributed by atoms with van der Waals surface area (Å²) in [6.45, 7) is 0.756. The van der Waals surface area contributed by atoms with Gasteiger partial charge in [0, 0.05) is 12.3 Å². The van der Waals surface area contributed by atoms with Crippen LogP contribution in [0.3, 0.4) is 0 Å². The molecule has 0 saturated carbocycles. The van der Waals surface area contributed by atoms with E-state index in [1.807, 2.05) is 47.3 Å². The van der Waals surface area contributed by atoms with E-state index >= 15 is 0 Å². The highest BCUT2D eigenvalue weighted by Crippen LogP contribution is 1.96. The van der Waals surface area contributed by atoms with Gasteiger partial charge in [0.05, 0.1) is 5.69 Å². The van der Waals surface area contributed by atoms with Crippen LogP contribution in [0.2, 0.25) is 0 Å². The summed E-state index contributed by atoms with van der Waals surface area (Å²) in [6, 6.07) is 9.69. The molecular weight excluding hydrogens is 254 g/mol. The number of anilines is 1. The van der Waals surface area contributed by atoms with Gasteiger partial charge in [-0.25, -0.2) is 0 Å². The zero-order valence-electron chi connectivity index (χ0n) is 8.18. The van der Waals surface area contributed by atoms with Gasteiger partial charge >= 0.3 is 0 Å². The first-order chi connectivity index (χ1) is 6.84. The third-order valence-corrected chi connectivity index (χ3v) is 1.95. The van der Waals surface area contributed by atoms with Crippen LogP contribution >= 0.6 is 0 Å². The smallest absolute Gasteiger partial charge is 0.192 e. The van der Waals surface area contributed by atoms with Gasteiger partial charge in [-0.2, -0.15) is 4.57 Å². The number of nitrogens with zero attached hydrogens (tertiary/aromatic N) is 2. The van der Waals surface area contributed by atoms with Crippen molar-refractivity contribution in [3.8, 4) is 0 Å². The molecule has 0 atom stereocenters. The summed E-state index contributed by atoms with van der Waals surface area (Å²) in [5.74, 6) is 0. The number of nitrogen functional groups attached to an aromatic ring is 1. The molecule has 3 nitrogen and oxygen atoms in total. The molecule has 2 aromatic heterocycles. The lowest BCUT2D eigenvalue weighted by Crippen LogP contribution is -3.00. The van der Waals surface area contributed by atoms with Crippen molar-refractivity contribution in [2.75, 3.05) is 5.73 Å². The van der Waals surface area contributed by atoms with Crippen LogP contribution in [0.1, 0.15) is 5.69 Å². The van der Waals surface area contributed by atoms with Gasteiger partial charge in [-0.1, -0.05) is 6.07 Å². The lowest BCUT2D eigenvalue weighted by molar-refractivity contribution is -0.688. The minimum atomic E-state index is 0. The molecule has 2 N–H and O–H groups in total. The first-order valence-corrected chi connectivity index (χ1v) is 4.49. The van der Waals surface area contributed by atoms with Gasteiger partial charge in [-0.15, -0.1) is 0 Å². The van der Waals surface area contributed by atoms with Gasteiger partial charge < -0.3 is 22.7 Å². The first kappa shape index (κ1) is 11.7. The largest absolute Gasteiger partial charge is 1.00 e. The van der Waals surface area contributed by atoms with Crippen molar-refractivity contribution in [1.29, 1.82) is 0 Å². The molecule has 2 aromatic rings. The molecule has 2 heterocycles. The molecule has 0 aromatic carbocycles. The fraction of sp³-hybridized carbons (Fsp3) is 0.0909. The first-order valence-electron chi connectivity index (χ1n) is 4.49. The second-order valence-electron chi connectivity index (χ2n) is 3.13. The Hall–Kier alpha value is -1.42. The van der Waals surface area contributed by atoms with Crippen LogP contribution in [0.25, 0.3) is 0 Å². The third-order valence-electron chi connectivity index (χ3n) is 1.95. The zero-order valence-corrected chi connectivity index (χ0v) is 9.76. The van der Waals surface area contributed by atoms with Crippen LogP contribution in [-0.2, 0) is 6.54 Å². The van der Waals surface area contributed by atoms with Gasteiger partial charge in [0.25, 0.3) is 0 Å². The lowest BCUT2D eigenvalue weighted by Gasteiger charge is -1.96. The van der Waals surface area contributed by atoms with E-state index in [1.54, 1.807) is 6.20 Å². The molecule has 4 heteroatoms. The number of hydrogen-bond acceptors (Lipinski definition) is 2. The van der Waals surface area contributed by atoms with Crippen LogP contribution in [0, 0.1) is 0 Å². The van der Waals surface area contributed by atoms with Crippen molar-refractivity contribution < 1.29 is 21.5 Å². The third kappa shape index (κ3) is 3.32. The van der Waals surface area contributed by atoms with E-state index < -0.39 is 0 Å². The van der Waals surface area contributed by atoms with Crippen LogP contribution < -0.4 is 27.3 Å². The van der Waals surface area contributed by atoms with E-state index in [2.05, 4.69) is 4.98 Å². The highest BCUT2D eigenvalue weighted by Gasteiger charge is 2.02. The van der Waals surface area contributed by atoms with Crippen molar-refractivity contribution in [2.24, 2.45) is 0 Å². The summed E-state index contributed by atoms with van der Waals surface area (Å²) in [5.41, 5.74) is 7.47. The Bertz CT molecular complexity index is 417. The van der Waals surface area contributed by atoms with Crippen LogP contribution in [0.5, 0.6) is 0 Å². The van der Waals surface area contributed by atoms with Crippen molar-refractivity contribution in [1.82, 2.24) is 4.98 Å². The second-order valence-corrected chi connectivity index (χ2v) is 3.13. The molecule has 78 valence electrons. The van der Waals surface area contributed by atoms with E-state index in [4.69, 9.17) is 5.73 Å². The Labute approximate surface area is 99.4 Å². The number of hydrogen-bond donors (Lipinski definition) is 1. The van der Waals surface area contributed by atoms with Crippen molar-refractivity contribution in [3.63, 3.8) is 0 Å². The molecular formula is C11H12BrN3. The summed E-state index contributed by atoms with van der Waals surface area (Å²) >= 11 is 0. The number of pyridine rings is 2. The van der Waals surface area contributed by atoms with Gasteiger partial charge in [0.1, 0.15) is 5.69 Å². The molecule has 0 fully saturated rings. The maximum Gasteiger partial charge on any atom is 0.192 e. The van der Waals surface area contributed by atoms with Crippen LogP contribution in [0.15, 0.2) is 48.9 Å². The Kier molecular flexibility index (Phi) is 4.24. The number of aromatic nitrogens is 2. The van der Waals surface area contributed by atoms with Crippen molar-refractivity contribution >= 4 is 5.69 Å². The molecule has 0 saturated heterocycles. The summed E-state index contributed by atoms with van der Waals surface area (Å²) < 4.78 is 2.01. The average Bonchev–Trinajstić information content (AvgIpc) is 2.19. The molecule has 15 heavy (non-hydrogen) atoms. The number of nitrogens with two attached hydrogens (primary N) is 1. The average molecular weight is 266 g/mol. The molecule has 0 aliphatic carbocycles. The highest BCUT2D eigenvalue weighted by molar-refractivity contribution is 5.30. The number of halogens is 1. The van der Waals surface area contributed by atoms with Gasteiger partial charge in [-0.3, -0.25) is 4.98 Å². The van der Waals surface area contributed by atoms with E-state index in [0.717, 1.165) is 17.9 Å². The monoisotopic (exact) mass is 265 g/mol. The van der Waals surface area contributed by atoms with Crippen LogP contribution in [0.4, 0.5) is 5.69 Å². The number of rotatable bonds is 2. The topological polar surface area (TPSA) is 42.8 Å². The van der Waals surface area contributed by atoms with Gasteiger partial charge in [-0.05, 0) is 18.2 Å². The fourth-order valence-corrected chi connectivity index (χ4v) is 1.32. The van der Waals surface area contributed by atoms with Crippen LogP contribution in [-0.4, -0.2) is 4.98 Å². The summed E-state index contributed by atoms with van der Waals surface area (Å²) in [6.07, 6.45) is 5.67. The lowest BCUT2D eigenvalue weighted by atomic mass is 10.3. The highest BCUT2D eigenvalue weighted by atomic mass is 79.9. The molecule has 0 amide bonds. The molecule has 0 spiro atoms. The Morgan fingerprint density at radius 3 is 2.73 bits per heavy atom. The van der Waals surface area contributed by atoms with Crippen molar-refractivity contribution in [2.45, 2.75) is 6.54 Å². The van der Waals surface area contributed by atoms with Crippen molar-refractivity contribution in [3.05, 3.63) is 54.6 Å². The van der Waals surface area contributed by atoms with E-state index in [-0.39, 0.29) is 17.0 Å². The predicted molar refractivity (Wildman–Crippen MR) is 54.4 cm³/mol. The maximum atomic E-state index is 5.67. The quantitative estimate of drug-likeness (QED) is 0.639. The summed E-state index contributed by atoms with van der Waals surface area (Å²) in [4.78, 5) is 4.24.